The van der Waals surface area contributed by atoms with Crippen LogP contribution in [0.4, 0.5) is 0 Å². The lowest BCUT2D eigenvalue weighted by molar-refractivity contribution is 0.174. The number of rotatable bonds is 5. The summed E-state index contributed by atoms with van der Waals surface area (Å²) in [6.07, 6.45) is 3.01. The molecule has 1 N–H and O–H groups in total. The van der Waals surface area contributed by atoms with E-state index in [9.17, 15) is 0 Å². The predicted octanol–water partition coefficient (Wildman–Crippen LogP) is 2.53. The van der Waals surface area contributed by atoms with Crippen molar-refractivity contribution in [3.8, 4) is 5.75 Å². The second-order valence-corrected chi connectivity index (χ2v) is 5.06. The highest BCUT2D eigenvalue weighted by atomic mass is 16.5. The van der Waals surface area contributed by atoms with E-state index in [1.54, 1.807) is 7.11 Å². The summed E-state index contributed by atoms with van der Waals surface area (Å²) in [5.41, 5.74) is 2.56. The third kappa shape index (κ3) is 3.37. The first-order valence-corrected chi connectivity index (χ1v) is 6.96. The lowest BCUT2D eigenvalue weighted by Gasteiger charge is -2.35. The zero-order chi connectivity index (χ0) is 13.7. The fraction of sp³-hybridized carbons (Fsp3) is 0.500. The van der Waals surface area contributed by atoms with Gasteiger partial charge in [-0.2, -0.15) is 0 Å². The van der Waals surface area contributed by atoms with E-state index in [2.05, 4.69) is 41.9 Å². The number of hydrogen-bond acceptors (Lipinski definition) is 3. The molecule has 1 saturated heterocycles. The molecule has 1 fully saturated rings. The first-order chi connectivity index (χ1) is 9.26. The van der Waals surface area contributed by atoms with Crippen LogP contribution in [0.15, 0.2) is 30.9 Å². The fourth-order valence-corrected chi connectivity index (χ4v) is 2.76. The van der Waals surface area contributed by atoms with Crippen molar-refractivity contribution in [2.24, 2.45) is 0 Å². The summed E-state index contributed by atoms with van der Waals surface area (Å²) in [6.45, 7) is 10.4. The van der Waals surface area contributed by atoms with Crippen molar-refractivity contribution >= 4 is 0 Å². The molecule has 0 amide bonds. The number of nitrogens with zero attached hydrogens (tertiary/aromatic N) is 1. The standard InChI is InChI=1S/C16H24N2O/c1-4-5-15(18-10-8-17-9-11-18)14-6-7-16(19-3)13(2)12-14/h4,6-7,12,15,17H,1,5,8-11H2,2-3H3/t15-/m1/s1. The van der Waals surface area contributed by atoms with Gasteiger partial charge in [0.05, 0.1) is 7.11 Å². The summed E-state index contributed by atoms with van der Waals surface area (Å²) in [5.74, 6) is 0.960. The van der Waals surface area contributed by atoms with Crippen molar-refractivity contribution in [3.05, 3.63) is 42.0 Å². The van der Waals surface area contributed by atoms with Crippen LogP contribution in [0, 0.1) is 6.92 Å². The Morgan fingerprint density at radius 1 is 1.42 bits per heavy atom. The fourth-order valence-electron chi connectivity index (χ4n) is 2.76. The molecule has 1 atom stereocenters. The quantitative estimate of drug-likeness (QED) is 0.823. The maximum Gasteiger partial charge on any atom is 0.121 e. The normalized spacial score (nSPS) is 18.0. The van der Waals surface area contributed by atoms with Crippen LogP contribution in [-0.2, 0) is 0 Å². The van der Waals surface area contributed by atoms with Gasteiger partial charge in [0.15, 0.2) is 0 Å². The van der Waals surface area contributed by atoms with Crippen LogP contribution in [0.1, 0.15) is 23.6 Å². The molecule has 0 radical (unpaired) electrons. The molecule has 0 unspecified atom stereocenters. The third-order valence-electron chi connectivity index (χ3n) is 3.79. The van der Waals surface area contributed by atoms with E-state index in [0.717, 1.165) is 38.3 Å². The van der Waals surface area contributed by atoms with E-state index in [1.807, 2.05) is 6.08 Å². The highest BCUT2D eigenvalue weighted by Crippen LogP contribution is 2.29. The largest absolute Gasteiger partial charge is 0.496 e. The molecule has 0 spiro atoms. The highest BCUT2D eigenvalue weighted by molar-refractivity contribution is 5.37. The van der Waals surface area contributed by atoms with Gasteiger partial charge in [-0.3, -0.25) is 4.90 Å². The van der Waals surface area contributed by atoms with Crippen molar-refractivity contribution in [2.75, 3.05) is 33.3 Å². The molecule has 2 rings (SSSR count). The summed E-state index contributed by atoms with van der Waals surface area (Å²) in [5, 5.41) is 3.41. The van der Waals surface area contributed by atoms with Crippen LogP contribution in [0.3, 0.4) is 0 Å². The molecule has 0 aromatic heterocycles. The van der Waals surface area contributed by atoms with Gasteiger partial charge in [-0.05, 0) is 30.5 Å². The van der Waals surface area contributed by atoms with Crippen LogP contribution in [0.25, 0.3) is 0 Å². The summed E-state index contributed by atoms with van der Waals surface area (Å²) < 4.78 is 5.34. The van der Waals surface area contributed by atoms with Crippen molar-refractivity contribution < 1.29 is 4.74 Å². The Hall–Kier alpha value is -1.32. The molecule has 1 aliphatic heterocycles. The maximum atomic E-state index is 5.34. The molecule has 1 aromatic rings. The number of aryl methyl sites for hydroxylation is 1. The molecule has 1 aromatic carbocycles. The Bertz CT molecular complexity index is 425. The number of nitrogens with one attached hydrogen (secondary N) is 1. The first-order valence-electron chi connectivity index (χ1n) is 6.96. The first kappa shape index (κ1) is 14.1. The van der Waals surface area contributed by atoms with Crippen molar-refractivity contribution in [1.82, 2.24) is 10.2 Å². The van der Waals surface area contributed by atoms with Crippen molar-refractivity contribution in [3.63, 3.8) is 0 Å². The molecule has 0 saturated carbocycles. The van der Waals surface area contributed by atoms with Gasteiger partial charge >= 0.3 is 0 Å². The molecule has 19 heavy (non-hydrogen) atoms. The maximum absolute atomic E-state index is 5.34. The molecule has 1 heterocycles. The summed E-state index contributed by atoms with van der Waals surface area (Å²) in [7, 11) is 1.72. The monoisotopic (exact) mass is 260 g/mol. The van der Waals surface area contributed by atoms with Gasteiger partial charge in [-0.15, -0.1) is 6.58 Å². The molecular weight excluding hydrogens is 236 g/mol. The Morgan fingerprint density at radius 2 is 2.16 bits per heavy atom. The topological polar surface area (TPSA) is 24.5 Å². The number of methoxy groups -OCH3 is 1. The molecule has 0 bridgehead atoms. The summed E-state index contributed by atoms with van der Waals surface area (Å²) in [4.78, 5) is 2.54. The number of ether oxygens (including phenoxy) is 1. The lowest BCUT2D eigenvalue weighted by atomic mass is 9.99. The van der Waals surface area contributed by atoms with Crippen LogP contribution >= 0.6 is 0 Å². The van der Waals surface area contributed by atoms with Crippen LogP contribution in [0.5, 0.6) is 5.75 Å². The minimum Gasteiger partial charge on any atom is -0.496 e. The van der Waals surface area contributed by atoms with Crippen LogP contribution < -0.4 is 10.1 Å². The van der Waals surface area contributed by atoms with E-state index in [4.69, 9.17) is 4.74 Å². The Morgan fingerprint density at radius 3 is 2.74 bits per heavy atom. The zero-order valence-electron chi connectivity index (χ0n) is 12.0. The average Bonchev–Trinajstić information content (AvgIpc) is 2.45. The molecule has 1 aliphatic rings. The Kier molecular flexibility index (Phi) is 5.00. The second-order valence-electron chi connectivity index (χ2n) is 5.06. The van der Waals surface area contributed by atoms with Gasteiger partial charge in [0, 0.05) is 32.2 Å². The minimum atomic E-state index is 0.434. The van der Waals surface area contributed by atoms with Gasteiger partial charge in [0.25, 0.3) is 0 Å². The molecule has 104 valence electrons. The summed E-state index contributed by atoms with van der Waals surface area (Å²) >= 11 is 0. The Balaban J connectivity index is 2.22. The SMILES string of the molecule is C=CC[C@H](c1ccc(OC)c(C)c1)N1CCNCC1. The molecule has 0 aliphatic carbocycles. The molecular formula is C16H24N2O. The number of piperazine rings is 1. The van der Waals surface area contributed by atoms with Crippen LogP contribution in [0.2, 0.25) is 0 Å². The van der Waals surface area contributed by atoms with E-state index < -0.39 is 0 Å². The van der Waals surface area contributed by atoms with E-state index >= 15 is 0 Å². The van der Waals surface area contributed by atoms with Gasteiger partial charge in [-0.25, -0.2) is 0 Å². The minimum absolute atomic E-state index is 0.434. The second kappa shape index (κ2) is 6.73. The average molecular weight is 260 g/mol. The van der Waals surface area contributed by atoms with E-state index in [1.165, 1.54) is 11.1 Å². The summed E-state index contributed by atoms with van der Waals surface area (Å²) in [6, 6.07) is 6.93. The van der Waals surface area contributed by atoms with E-state index in [-0.39, 0.29) is 0 Å². The lowest BCUT2D eigenvalue weighted by Crippen LogP contribution is -2.45. The van der Waals surface area contributed by atoms with Gasteiger partial charge < -0.3 is 10.1 Å². The zero-order valence-corrected chi connectivity index (χ0v) is 12.0. The van der Waals surface area contributed by atoms with Gasteiger partial charge in [-0.1, -0.05) is 18.2 Å². The Labute approximate surface area is 116 Å². The van der Waals surface area contributed by atoms with Crippen molar-refractivity contribution in [2.45, 2.75) is 19.4 Å². The molecule has 3 nitrogen and oxygen atoms in total. The smallest absolute Gasteiger partial charge is 0.121 e. The van der Waals surface area contributed by atoms with Gasteiger partial charge in [0.1, 0.15) is 5.75 Å². The van der Waals surface area contributed by atoms with Crippen LogP contribution in [-0.4, -0.2) is 38.2 Å². The third-order valence-corrected chi connectivity index (χ3v) is 3.79. The number of benzene rings is 1. The van der Waals surface area contributed by atoms with E-state index in [0.29, 0.717) is 6.04 Å². The molecule has 3 heteroatoms. The predicted molar refractivity (Wildman–Crippen MR) is 79.7 cm³/mol. The van der Waals surface area contributed by atoms with Crippen molar-refractivity contribution in [1.29, 1.82) is 0 Å². The number of hydrogen-bond donors (Lipinski definition) is 1. The highest BCUT2D eigenvalue weighted by Gasteiger charge is 2.21. The van der Waals surface area contributed by atoms with Gasteiger partial charge in [0.2, 0.25) is 0 Å².